The molecule has 0 spiro atoms. The predicted molar refractivity (Wildman–Crippen MR) is 86.9 cm³/mol. The molecule has 5 nitrogen and oxygen atoms in total. The highest BCUT2D eigenvalue weighted by molar-refractivity contribution is 5.60. The van der Waals surface area contributed by atoms with E-state index >= 15 is 0 Å². The first-order valence-electron chi connectivity index (χ1n) is 8.06. The maximum Gasteiger partial charge on any atom is 0.137 e. The molecule has 2 heterocycles. The van der Waals surface area contributed by atoms with Crippen LogP contribution >= 0.6 is 0 Å². The van der Waals surface area contributed by atoms with Crippen LogP contribution in [0.15, 0.2) is 6.33 Å². The molecule has 5 heteroatoms. The van der Waals surface area contributed by atoms with Crippen LogP contribution in [0, 0.1) is 5.92 Å². The standard InChI is InChI=1S/C16H28N4O/c1-5-7-17-15-14(11(2)3)16(19-10-18-15)20-8-6-13(21)12(4)9-20/h10-13,21H,5-9H2,1-4H3,(H,17,18,19). The van der Waals surface area contributed by atoms with Gasteiger partial charge in [-0.05, 0) is 24.7 Å². The molecule has 1 aromatic heterocycles. The number of nitrogens with one attached hydrogen (secondary N) is 1. The molecule has 2 N–H and O–H groups in total. The van der Waals surface area contributed by atoms with Gasteiger partial charge in [0.2, 0.25) is 0 Å². The van der Waals surface area contributed by atoms with Crippen LogP contribution in [0.3, 0.4) is 0 Å². The summed E-state index contributed by atoms with van der Waals surface area (Å²) in [4.78, 5) is 11.3. The Labute approximate surface area is 127 Å². The molecular weight excluding hydrogens is 264 g/mol. The Bertz CT molecular complexity index is 464. The number of aliphatic hydroxyl groups excluding tert-OH is 1. The topological polar surface area (TPSA) is 61.3 Å². The van der Waals surface area contributed by atoms with E-state index in [9.17, 15) is 5.11 Å². The fourth-order valence-corrected chi connectivity index (χ4v) is 2.88. The molecule has 2 rings (SSSR count). The lowest BCUT2D eigenvalue weighted by Crippen LogP contribution is -2.42. The van der Waals surface area contributed by atoms with Gasteiger partial charge in [0.1, 0.15) is 18.0 Å². The quantitative estimate of drug-likeness (QED) is 0.873. The lowest BCUT2D eigenvalue weighted by molar-refractivity contribution is 0.0968. The molecule has 118 valence electrons. The van der Waals surface area contributed by atoms with Gasteiger partial charge in [-0.15, -0.1) is 0 Å². The van der Waals surface area contributed by atoms with Gasteiger partial charge in [-0.2, -0.15) is 0 Å². The second kappa shape index (κ2) is 7.07. The van der Waals surface area contributed by atoms with E-state index in [4.69, 9.17) is 0 Å². The van der Waals surface area contributed by atoms with Crippen molar-refractivity contribution in [3.63, 3.8) is 0 Å². The largest absolute Gasteiger partial charge is 0.393 e. The summed E-state index contributed by atoms with van der Waals surface area (Å²) >= 11 is 0. The Kier molecular flexibility index (Phi) is 5.39. The van der Waals surface area contributed by atoms with Crippen LogP contribution in [0.2, 0.25) is 0 Å². The molecule has 2 atom stereocenters. The molecular formula is C16H28N4O. The maximum absolute atomic E-state index is 9.92. The van der Waals surface area contributed by atoms with Gasteiger partial charge in [-0.1, -0.05) is 27.7 Å². The lowest BCUT2D eigenvalue weighted by Gasteiger charge is -2.36. The molecule has 0 aromatic carbocycles. The number of aliphatic hydroxyl groups is 1. The first-order chi connectivity index (χ1) is 10.0. The normalized spacial score (nSPS) is 22.7. The molecule has 21 heavy (non-hydrogen) atoms. The molecule has 0 amide bonds. The highest BCUT2D eigenvalue weighted by atomic mass is 16.3. The number of nitrogens with zero attached hydrogens (tertiary/aromatic N) is 3. The van der Waals surface area contributed by atoms with Gasteiger partial charge in [0, 0.05) is 25.2 Å². The van der Waals surface area contributed by atoms with Crippen molar-refractivity contribution in [2.24, 2.45) is 5.92 Å². The predicted octanol–water partition coefficient (Wildman–Crippen LogP) is 2.63. The Balaban J connectivity index is 2.29. The summed E-state index contributed by atoms with van der Waals surface area (Å²) < 4.78 is 0. The fourth-order valence-electron chi connectivity index (χ4n) is 2.88. The first-order valence-corrected chi connectivity index (χ1v) is 8.06. The molecule has 1 aliphatic heterocycles. The van der Waals surface area contributed by atoms with Gasteiger partial charge < -0.3 is 15.3 Å². The minimum absolute atomic E-state index is 0.191. The average Bonchev–Trinajstić information content (AvgIpc) is 2.47. The Morgan fingerprint density at radius 2 is 2.19 bits per heavy atom. The van der Waals surface area contributed by atoms with Crippen LogP contribution in [-0.2, 0) is 0 Å². The van der Waals surface area contributed by atoms with Crippen LogP contribution in [0.5, 0.6) is 0 Å². The monoisotopic (exact) mass is 292 g/mol. The number of hydrogen-bond donors (Lipinski definition) is 2. The zero-order chi connectivity index (χ0) is 15.4. The van der Waals surface area contributed by atoms with Crippen molar-refractivity contribution in [3.05, 3.63) is 11.9 Å². The van der Waals surface area contributed by atoms with Crippen LogP contribution < -0.4 is 10.2 Å². The average molecular weight is 292 g/mol. The second-order valence-electron chi connectivity index (χ2n) is 6.32. The van der Waals surface area contributed by atoms with Crippen LogP contribution in [0.1, 0.15) is 52.0 Å². The summed E-state index contributed by atoms with van der Waals surface area (Å²) in [5.41, 5.74) is 1.19. The zero-order valence-electron chi connectivity index (χ0n) is 13.6. The summed E-state index contributed by atoms with van der Waals surface area (Å²) in [5, 5.41) is 13.3. The molecule has 2 unspecified atom stereocenters. The fraction of sp³-hybridized carbons (Fsp3) is 0.750. The van der Waals surface area contributed by atoms with Crippen LogP contribution in [0.25, 0.3) is 0 Å². The Morgan fingerprint density at radius 1 is 1.43 bits per heavy atom. The first kappa shape index (κ1) is 16.0. The van der Waals surface area contributed by atoms with E-state index in [2.05, 4.69) is 47.9 Å². The van der Waals surface area contributed by atoms with E-state index in [-0.39, 0.29) is 12.0 Å². The highest BCUT2D eigenvalue weighted by Crippen LogP contribution is 2.33. The number of aromatic nitrogens is 2. The Hall–Kier alpha value is -1.36. The summed E-state index contributed by atoms with van der Waals surface area (Å²) in [6, 6.07) is 0. The van der Waals surface area contributed by atoms with E-state index in [1.807, 2.05) is 0 Å². The summed E-state index contributed by atoms with van der Waals surface area (Å²) in [5.74, 6) is 2.62. The van der Waals surface area contributed by atoms with Crippen molar-refractivity contribution < 1.29 is 5.11 Å². The number of anilines is 2. The minimum atomic E-state index is -0.191. The van der Waals surface area contributed by atoms with Gasteiger partial charge in [0.15, 0.2) is 0 Å². The van der Waals surface area contributed by atoms with Gasteiger partial charge in [-0.25, -0.2) is 9.97 Å². The third kappa shape index (κ3) is 3.64. The van der Waals surface area contributed by atoms with Gasteiger partial charge in [0.05, 0.1) is 6.10 Å². The van der Waals surface area contributed by atoms with Crippen molar-refractivity contribution in [1.29, 1.82) is 0 Å². The lowest BCUT2D eigenvalue weighted by atomic mass is 9.95. The third-order valence-corrected chi connectivity index (χ3v) is 4.14. The van der Waals surface area contributed by atoms with E-state index in [1.165, 1.54) is 5.56 Å². The molecule has 0 saturated carbocycles. The van der Waals surface area contributed by atoms with Crippen molar-refractivity contribution in [2.45, 2.75) is 52.6 Å². The number of rotatable bonds is 5. The molecule has 0 bridgehead atoms. The Morgan fingerprint density at radius 3 is 2.81 bits per heavy atom. The van der Waals surface area contributed by atoms with Gasteiger partial charge >= 0.3 is 0 Å². The molecule has 1 aromatic rings. The van der Waals surface area contributed by atoms with Crippen molar-refractivity contribution >= 4 is 11.6 Å². The summed E-state index contributed by atoms with van der Waals surface area (Å²) in [7, 11) is 0. The van der Waals surface area contributed by atoms with Crippen molar-refractivity contribution in [1.82, 2.24) is 9.97 Å². The smallest absolute Gasteiger partial charge is 0.137 e. The summed E-state index contributed by atoms with van der Waals surface area (Å²) in [6.45, 7) is 11.2. The third-order valence-electron chi connectivity index (χ3n) is 4.14. The highest BCUT2D eigenvalue weighted by Gasteiger charge is 2.28. The second-order valence-corrected chi connectivity index (χ2v) is 6.32. The molecule has 1 saturated heterocycles. The number of hydrogen-bond acceptors (Lipinski definition) is 5. The molecule has 0 aliphatic carbocycles. The SMILES string of the molecule is CCCNc1ncnc(N2CCC(O)C(C)C2)c1C(C)C. The zero-order valence-corrected chi connectivity index (χ0v) is 13.6. The summed E-state index contributed by atoms with van der Waals surface area (Å²) in [6.07, 6.45) is 3.34. The number of piperidine rings is 1. The minimum Gasteiger partial charge on any atom is -0.393 e. The van der Waals surface area contributed by atoms with Gasteiger partial charge in [-0.3, -0.25) is 0 Å². The molecule has 1 aliphatic rings. The van der Waals surface area contributed by atoms with Crippen LogP contribution in [0.4, 0.5) is 11.6 Å². The van der Waals surface area contributed by atoms with E-state index < -0.39 is 0 Å². The van der Waals surface area contributed by atoms with Crippen LogP contribution in [-0.4, -0.2) is 40.8 Å². The molecule has 1 fully saturated rings. The van der Waals surface area contributed by atoms with Crippen molar-refractivity contribution in [3.8, 4) is 0 Å². The van der Waals surface area contributed by atoms with E-state index in [0.717, 1.165) is 44.1 Å². The molecule has 0 radical (unpaired) electrons. The van der Waals surface area contributed by atoms with Gasteiger partial charge in [0.25, 0.3) is 0 Å². The van der Waals surface area contributed by atoms with E-state index in [1.54, 1.807) is 6.33 Å². The van der Waals surface area contributed by atoms with E-state index in [0.29, 0.717) is 5.92 Å². The maximum atomic E-state index is 9.92. The van der Waals surface area contributed by atoms with Crippen molar-refractivity contribution in [2.75, 3.05) is 29.9 Å².